The molecule has 2 N–H and O–H groups in total. The average molecular weight is 302 g/mol. The van der Waals surface area contributed by atoms with Crippen LogP contribution in [0.15, 0.2) is 41.1 Å². The van der Waals surface area contributed by atoms with Crippen molar-refractivity contribution in [2.24, 2.45) is 5.92 Å². The van der Waals surface area contributed by atoms with Gasteiger partial charge in [0.15, 0.2) is 5.76 Å². The van der Waals surface area contributed by atoms with Crippen LogP contribution >= 0.6 is 0 Å². The van der Waals surface area contributed by atoms with E-state index in [-0.39, 0.29) is 24.2 Å². The molecule has 0 saturated carbocycles. The lowest BCUT2D eigenvalue weighted by Gasteiger charge is -2.14. The zero-order valence-electron chi connectivity index (χ0n) is 12.1. The number of nitrogens with zero attached hydrogens (tertiary/aromatic N) is 2. The Bertz CT molecular complexity index is 641. The van der Waals surface area contributed by atoms with Gasteiger partial charge in [-0.15, -0.1) is 0 Å². The predicted molar refractivity (Wildman–Crippen MR) is 78.0 cm³/mol. The van der Waals surface area contributed by atoms with Crippen molar-refractivity contribution in [2.75, 3.05) is 13.1 Å². The second-order valence-corrected chi connectivity index (χ2v) is 5.52. The van der Waals surface area contributed by atoms with E-state index < -0.39 is 6.10 Å². The molecule has 6 nitrogen and oxygen atoms in total. The summed E-state index contributed by atoms with van der Waals surface area (Å²) in [4.78, 5) is 17.9. The standard InChI is InChI=1S/C16H18N2O4/c19-10-13-1-2-15(22-13)16(21)18-8-12(14(20)9-18)7-11-3-5-17-6-4-11/h1-6,12,14,19-20H,7-10H2/t12-,14-/m1/s1. The van der Waals surface area contributed by atoms with Crippen molar-refractivity contribution >= 4 is 5.91 Å². The van der Waals surface area contributed by atoms with Crippen molar-refractivity contribution in [1.29, 1.82) is 0 Å². The molecule has 2 aromatic rings. The Morgan fingerprint density at radius 2 is 2.05 bits per heavy atom. The van der Waals surface area contributed by atoms with Gasteiger partial charge in [-0.1, -0.05) is 0 Å². The summed E-state index contributed by atoms with van der Waals surface area (Å²) in [6.07, 6.45) is 3.59. The first-order valence-electron chi connectivity index (χ1n) is 7.23. The second kappa shape index (κ2) is 6.29. The molecule has 2 aromatic heterocycles. The lowest BCUT2D eigenvalue weighted by atomic mass is 9.97. The first-order valence-corrected chi connectivity index (χ1v) is 7.23. The van der Waals surface area contributed by atoms with Crippen molar-refractivity contribution in [3.8, 4) is 0 Å². The molecule has 0 spiro atoms. The number of furan rings is 1. The van der Waals surface area contributed by atoms with Gasteiger partial charge < -0.3 is 19.5 Å². The van der Waals surface area contributed by atoms with Gasteiger partial charge in [0.1, 0.15) is 12.4 Å². The SMILES string of the molecule is O=C(c1ccc(CO)o1)N1C[C@@H](Cc2ccncc2)[C@H](O)C1. The van der Waals surface area contributed by atoms with Gasteiger partial charge >= 0.3 is 0 Å². The Balaban J connectivity index is 1.66. The molecule has 3 rings (SSSR count). The smallest absolute Gasteiger partial charge is 0.289 e. The summed E-state index contributed by atoms with van der Waals surface area (Å²) in [6.45, 7) is 0.543. The minimum Gasteiger partial charge on any atom is -0.453 e. The molecule has 1 amide bonds. The minimum atomic E-state index is -0.551. The first-order chi connectivity index (χ1) is 10.7. The van der Waals surface area contributed by atoms with Gasteiger partial charge in [0.05, 0.1) is 6.10 Å². The van der Waals surface area contributed by atoms with E-state index in [0.29, 0.717) is 25.3 Å². The fourth-order valence-electron chi connectivity index (χ4n) is 2.78. The highest BCUT2D eigenvalue weighted by Crippen LogP contribution is 2.23. The van der Waals surface area contributed by atoms with Gasteiger partial charge in [-0.3, -0.25) is 9.78 Å². The Kier molecular flexibility index (Phi) is 4.22. The van der Waals surface area contributed by atoms with E-state index in [4.69, 9.17) is 9.52 Å². The van der Waals surface area contributed by atoms with E-state index in [0.717, 1.165) is 5.56 Å². The summed E-state index contributed by atoms with van der Waals surface area (Å²) in [6, 6.07) is 6.96. The maximum absolute atomic E-state index is 12.3. The molecular formula is C16H18N2O4. The molecule has 0 bridgehead atoms. The zero-order chi connectivity index (χ0) is 15.5. The summed E-state index contributed by atoms with van der Waals surface area (Å²) in [5.41, 5.74) is 1.09. The molecule has 22 heavy (non-hydrogen) atoms. The summed E-state index contributed by atoms with van der Waals surface area (Å²) >= 11 is 0. The van der Waals surface area contributed by atoms with E-state index in [2.05, 4.69) is 4.98 Å². The van der Waals surface area contributed by atoms with Crippen LogP contribution in [-0.2, 0) is 13.0 Å². The highest BCUT2D eigenvalue weighted by molar-refractivity contribution is 5.91. The molecule has 1 aliphatic heterocycles. The molecule has 1 fully saturated rings. The number of carbonyl (C=O) groups is 1. The fraction of sp³-hybridized carbons (Fsp3) is 0.375. The Labute approximate surface area is 128 Å². The van der Waals surface area contributed by atoms with Crippen LogP contribution in [0.25, 0.3) is 0 Å². The lowest BCUT2D eigenvalue weighted by molar-refractivity contribution is 0.0729. The van der Waals surface area contributed by atoms with Crippen LogP contribution < -0.4 is 0 Å². The molecule has 1 saturated heterocycles. The normalized spacial score (nSPS) is 21.3. The molecule has 0 aromatic carbocycles. The van der Waals surface area contributed by atoms with Crippen molar-refractivity contribution in [3.63, 3.8) is 0 Å². The monoisotopic (exact) mass is 302 g/mol. The molecular weight excluding hydrogens is 284 g/mol. The largest absolute Gasteiger partial charge is 0.453 e. The Morgan fingerprint density at radius 1 is 1.27 bits per heavy atom. The highest BCUT2D eigenvalue weighted by atomic mass is 16.4. The summed E-state index contributed by atoms with van der Waals surface area (Å²) in [7, 11) is 0. The zero-order valence-corrected chi connectivity index (χ0v) is 12.1. The average Bonchev–Trinajstić information content (AvgIpc) is 3.15. The van der Waals surface area contributed by atoms with E-state index in [1.807, 2.05) is 12.1 Å². The molecule has 6 heteroatoms. The number of carbonyl (C=O) groups excluding carboxylic acids is 1. The number of aliphatic hydroxyl groups is 2. The molecule has 116 valence electrons. The van der Waals surface area contributed by atoms with Crippen LogP contribution in [0, 0.1) is 5.92 Å². The van der Waals surface area contributed by atoms with Crippen LogP contribution in [0.2, 0.25) is 0 Å². The molecule has 3 heterocycles. The van der Waals surface area contributed by atoms with Crippen molar-refractivity contribution in [1.82, 2.24) is 9.88 Å². The topological polar surface area (TPSA) is 86.8 Å². The van der Waals surface area contributed by atoms with Crippen molar-refractivity contribution in [2.45, 2.75) is 19.1 Å². The maximum Gasteiger partial charge on any atom is 0.289 e. The quantitative estimate of drug-likeness (QED) is 0.874. The van der Waals surface area contributed by atoms with Gasteiger partial charge in [0.2, 0.25) is 0 Å². The van der Waals surface area contributed by atoms with Crippen LogP contribution in [-0.4, -0.2) is 45.2 Å². The third kappa shape index (κ3) is 3.03. The number of likely N-dealkylation sites (tertiary alicyclic amines) is 1. The van der Waals surface area contributed by atoms with Gasteiger partial charge in [0.25, 0.3) is 5.91 Å². The minimum absolute atomic E-state index is 0.00127. The van der Waals surface area contributed by atoms with E-state index >= 15 is 0 Å². The third-order valence-corrected chi connectivity index (χ3v) is 3.97. The summed E-state index contributed by atoms with van der Waals surface area (Å²) in [5, 5.41) is 19.2. The van der Waals surface area contributed by atoms with Gasteiger partial charge in [0, 0.05) is 31.4 Å². The predicted octanol–water partition coefficient (Wildman–Crippen LogP) is 0.843. The second-order valence-electron chi connectivity index (χ2n) is 5.52. The van der Waals surface area contributed by atoms with Gasteiger partial charge in [-0.2, -0.15) is 0 Å². The number of aromatic nitrogens is 1. The van der Waals surface area contributed by atoms with Gasteiger partial charge in [-0.25, -0.2) is 0 Å². The Morgan fingerprint density at radius 3 is 2.73 bits per heavy atom. The maximum atomic E-state index is 12.3. The number of hydrogen-bond donors (Lipinski definition) is 2. The molecule has 0 radical (unpaired) electrons. The fourth-order valence-corrected chi connectivity index (χ4v) is 2.78. The summed E-state index contributed by atoms with van der Waals surface area (Å²) in [5.74, 6) is 0.298. The third-order valence-electron chi connectivity index (χ3n) is 3.97. The van der Waals surface area contributed by atoms with Crippen molar-refractivity contribution in [3.05, 3.63) is 53.7 Å². The van der Waals surface area contributed by atoms with Crippen LogP contribution in [0.1, 0.15) is 21.9 Å². The van der Waals surface area contributed by atoms with Crippen molar-refractivity contribution < 1.29 is 19.4 Å². The lowest BCUT2D eigenvalue weighted by Crippen LogP contribution is -2.29. The number of aliphatic hydroxyl groups excluding tert-OH is 2. The number of pyridine rings is 1. The Hall–Kier alpha value is -2.18. The van der Waals surface area contributed by atoms with Crippen LogP contribution in [0.4, 0.5) is 0 Å². The number of hydrogen-bond acceptors (Lipinski definition) is 5. The summed E-state index contributed by atoms with van der Waals surface area (Å²) < 4.78 is 5.26. The van der Waals surface area contributed by atoms with Crippen LogP contribution in [0.3, 0.4) is 0 Å². The van der Waals surface area contributed by atoms with E-state index in [1.54, 1.807) is 29.4 Å². The van der Waals surface area contributed by atoms with Gasteiger partial charge in [-0.05, 0) is 36.2 Å². The number of rotatable bonds is 4. The highest BCUT2D eigenvalue weighted by Gasteiger charge is 2.35. The molecule has 1 aliphatic rings. The first kappa shape index (κ1) is 14.7. The molecule has 0 unspecified atom stereocenters. The van der Waals surface area contributed by atoms with E-state index in [1.165, 1.54) is 0 Å². The van der Waals surface area contributed by atoms with E-state index in [9.17, 15) is 9.90 Å². The number of amides is 1. The molecule has 2 atom stereocenters. The van der Waals surface area contributed by atoms with Crippen LogP contribution in [0.5, 0.6) is 0 Å². The number of β-amino-alcohol motifs (C(OH)–C–C–N with tert-alkyl or cyclic N) is 1. The molecule has 0 aliphatic carbocycles.